The summed E-state index contributed by atoms with van der Waals surface area (Å²) in [7, 11) is -14.0. The van der Waals surface area contributed by atoms with E-state index in [0.29, 0.717) is 28.6 Å². The zero-order valence-electron chi connectivity index (χ0n) is 39.2. The van der Waals surface area contributed by atoms with Crippen LogP contribution < -0.4 is 35.3 Å². The van der Waals surface area contributed by atoms with Crippen molar-refractivity contribution in [2.45, 2.75) is 48.8 Å². The average molecular weight is 1040 g/mol. The molecule has 22 heteroatoms. The van der Waals surface area contributed by atoms with E-state index in [-0.39, 0.29) is 68.3 Å². The summed E-state index contributed by atoms with van der Waals surface area (Å²) < 4.78 is 98.8. The number of rotatable bonds is 11. The number of nitrogens with two attached hydrogens (primary N) is 1. The average Bonchev–Trinajstić information content (AvgIpc) is 3.30. The number of benzene rings is 8. The molecule has 0 aromatic heterocycles. The fraction of sp³-hybridized carbons (Fsp3) is 0.100. The van der Waals surface area contributed by atoms with Gasteiger partial charge in [-0.1, -0.05) is 78.9 Å². The van der Waals surface area contributed by atoms with Gasteiger partial charge in [-0.05, 0) is 150 Å². The summed E-state index contributed by atoms with van der Waals surface area (Å²) in [4.78, 5) is 2.56. The van der Waals surface area contributed by atoms with E-state index >= 15 is 0 Å². The molecule has 0 atom stereocenters. The van der Waals surface area contributed by atoms with E-state index in [0.717, 1.165) is 63.0 Å². The van der Waals surface area contributed by atoms with Crippen LogP contribution in [0.25, 0.3) is 26.9 Å². The van der Waals surface area contributed by atoms with Gasteiger partial charge in [0, 0.05) is 16.7 Å². The molecule has 0 aliphatic heterocycles. The maximum Gasteiger partial charge on any atom is 1.00 e. The number of aliphatic imine (C=N–C) groups is 1. The Labute approximate surface area is 437 Å². The SMILES string of the molecule is Cc1cc(N=Nc2c(O)ccc3cc(S(=O)(=O)O)ccc23)ccc1Cc1ccc(N=Nc2c(O)c(S(=O)(=O)O)cc3cc(S(=O)(=O)O)ccc23)cc1C.Cc1ccccc1N=C(N)[N-]c1ccccc1C.[Na+]. The van der Waals surface area contributed by atoms with Crippen LogP contribution in [0.5, 0.6) is 11.5 Å². The fourth-order valence-electron chi connectivity index (χ4n) is 7.28. The second kappa shape index (κ2) is 22.2. The van der Waals surface area contributed by atoms with Crippen molar-refractivity contribution in [3.05, 3.63) is 178 Å². The first-order valence-corrected chi connectivity index (χ1v) is 25.5. The Morgan fingerprint density at radius 3 is 1.57 bits per heavy atom. The Hall–Kier alpha value is -6.92. The standard InChI is InChI=1S/C35H28N4O11S3.C15H16N3.Na/c1-19-13-25(36-38-33-29-10-8-27(51(42,43)44)16-23(29)5-12-31(33)40)6-3-21(19)15-22-4-7-26(14-20(22)2)37-39-34-30-11-9-28(52(45,46)47)17-24(30)18-32(35(34)41)53(48,49)50;1-11-7-3-5-9-13(11)17-15(16)18-14-10-6-4-8-12(14)2;/h3-14,16-18,40-41H,15H2,1-2H3,(H,42,43,44)(H,45,46,47)(H,48,49,50);3-10H,1-2H3,(H2-,16,17,18);/q;-1;+1. The Morgan fingerprint density at radius 1 is 0.528 bits per heavy atom. The molecule has 0 radical (unpaired) electrons. The van der Waals surface area contributed by atoms with E-state index in [4.69, 9.17) is 5.73 Å². The first kappa shape index (κ1) is 54.4. The van der Waals surface area contributed by atoms with Crippen molar-refractivity contribution < 1.29 is 78.7 Å². The number of hydrogen-bond donors (Lipinski definition) is 6. The molecule has 0 fully saturated rings. The number of phenols is 2. The van der Waals surface area contributed by atoms with Gasteiger partial charge in [0.15, 0.2) is 5.75 Å². The Balaban J connectivity index is 0.000000374. The van der Waals surface area contributed by atoms with Crippen LogP contribution in [0, 0.1) is 27.7 Å². The predicted octanol–water partition coefficient (Wildman–Crippen LogP) is 9.14. The maximum atomic E-state index is 12.0. The fourth-order valence-corrected chi connectivity index (χ4v) is 8.93. The van der Waals surface area contributed by atoms with E-state index < -0.39 is 45.9 Å². The minimum absolute atomic E-state index is 0. The number of nitrogens with zero attached hydrogens (tertiary/aromatic N) is 6. The molecule has 0 unspecified atom stereocenters. The van der Waals surface area contributed by atoms with Gasteiger partial charge in [0.05, 0.1) is 21.2 Å². The minimum Gasteiger partial charge on any atom is -0.506 e. The summed E-state index contributed by atoms with van der Waals surface area (Å²) in [6, 6.07) is 37.1. The van der Waals surface area contributed by atoms with Crippen molar-refractivity contribution in [1.29, 1.82) is 0 Å². The van der Waals surface area contributed by atoms with Crippen LogP contribution in [-0.2, 0) is 36.8 Å². The molecular formula is C50H44N7NaO11S3. The minimum atomic E-state index is -4.97. The zero-order chi connectivity index (χ0) is 51.4. The molecule has 8 aromatic rings. The Morgan fingerprint density at radius 2 is 1.04 bits per heavy atom. The molecule has 8 aromatic carbocycles. The van der Waals surface area contributed by atoms with E-state index in [1.54, 1.807) is 18.2 Å². The van der Waals surface area contributed by atoms with Crippen LogP contribution in [-0.4, -0.2) is 55.1 Å². The number of aryl methyl sites for hydroxylation is 4. The van der Waals surface area contributed by atoms with Crippen LogP contribution in [0.15, 0.2) is 180 Å². The molecule has 18 nitrogen and oxygen atoms in total. The van der Waals surface area contributed by atoms with Crippen LogP contribution in [0.1, 0.15) is 33.4 Å². The number of para-hydroxylation sites is 2. The number of aromatic hydroxyl groups is 2. The molecule has 364 valence electrons. The summed E-state index contributed by atoms with van der Waals surface area (Å²) in [5.74, 6) is -0.796. The molecule has 0 spiro atoms. The third kappa shape index (κ3) is 13.1. The largest absolute Gasteiger partial charge is 1.00 e. The van der Waals surface area contributed by atoms with Gasteiger partial charge in [-0.25, -0.2) is 0 Å². The summed E-state index contributed by atoms with van der Waals surface area (Å²) in [6.07, 6.45) is 0.519. The van der Waals surface area contributed by atoms with E-state index in [1.165, 1.54) is 36.4 Å². The maximum absolute atomic E-state index is 12.0. The first-order chi connectivity index (χ1) is 33.5. The second-order valence-corrected chi connectivity index (χ2v) is 20.4. The van der Waals surface area contributed by atoms with Gasteiger partial charge >= 0.3 is 29.6 Å². The number of phenolic OH excluding ortho intramolecular Hbond substituents is 2. The molecule has 0 aliphatic carbocycles. The zero-order valence-corrected chi connectivity index (χ0v) is 43.6. The van der Waals surface area contributed by atoms with E-state index in [2.05, 4.69) is 30.8 Å². The number of guanidine groups is 1. The smallest absolute Gasteiger partial charge is 0.506 e. The topological polar surface area (TPSA) is 305 Å². The van der Waals surface area contributed by atoms with Crippen molar-refractivity contribution in [1.82, 2.24) is 0 Å². The monoisotopic (exact) mass is 1040 g/mol. The number of hydrogen-bond acceptors (Lipinski definition) is 13. The quantitative estimate of drug-likeness (QED) is 0.0232. The van der Waals surface area contributed by atoms with Gasteiger partial charge in [-0.15, -0.1) is 10.2 Å². The second-order valence-electron chi connectivity index (χ2n) is 16.1. The molecule has 72 heavy (non-hydrogen) atoms. The van der Waals surface area contributed by atoms with E-state index in [1.807, 2.05) is 94.4 Å². The molecule has 0 saturated heterocycles. The normalized spacial score (nSPS) is 12.2. The first-order valence-electron chi connectivity index (χ1n) is 21.1. The molecule has 0 aliphatic rings. The molecule has 0 bridgehead atoms. The third-order valence-corrected chi connectivity index (χ3v) is 13.7. The van der Waals surface area contributed by atoms with Crippen LogP contribution >= 0.6 is 0 Å². The van der Waals surface area contributed by atoms with Crippen LogP contribution in [0.2, 0.25) is 0 Å². The van der Waals surface area contributed by atoms with Gasteiger partial charge in [0.25, 0.3) is 30.4 Å². The Bertz CT molecular complexity index is 3850. The molecule has 0 heterocycles. The van der Waals surface area contributed by atoms with Gasteiger partial charge in [-0.2, -0.15) is 35.5 Å². The molecule has 0 amide bonds. The van der Waals surface area contributed by atoms with Gasteiger partial charge in [0.2, 0.25) is 0 Å². The van der Waals surface area contributed by atoms with Crippen molar-refractivity contribution in [2.24, 2.45) is 31.2 Å². The van der Waals surface area contributed by atoms with E-state index in [9.17, 15) is 49.1 Å². The molecular weight excluding hydrogens is 994 g/mol. The predicted molar refractivity (Wildman–Crippen MR) is 271 cm³/mol. The molecule has 0 saturated carbocycles. The van der Waals surface area contributed by atoms with Crippen LogP contribution in [0.4, 0.5) is 34.1 Å². The van der Waals surface area contributed by atoms with Gasteiger partial charge in [-0.3, -0.25) is 13.7 Å². The molecule has 8 rings (SSSR count). The number of fused-ring (bicyclic) bond motifs is 2. The van der Waals surface area contributed by atoms with Crippen LogP contribution in [0.3, 0.4) is 0 Å². The molecule has 7 N–H and O–H groups in total. The van der Waals surface area contributed by atoms with Gasteiger partial charge in [0.1, 0.15) is 22.0 Å². The summed E-state index contributed by atoms with van der Waals surface area (Å²) >= 11 is 0. The summed E-state index contributed by atoms with van der Waals surface area (Å²) in [6.45, 7) is 7.75. The van der Waals surface area contributed by atoms with Crippen molar-refractivity contribution >= 4 is 92.0 Å². The van der Waals surface area contributed by atoms with Crippen molar-refractivity contribution in [2.75, 3.05) is 0 Å². The van der Waals surface area contributed by atoms with Gasteiger partial charge < -0.3 is 26.3 Å². The number of azo groups is 2. The summed E-state index contributed by atoms with van der Waals surface area (Å²) in [5.41, 5.74) is 14.0. The Kier molecular flexibility index (Phi) is 16.8. The third-order valence-electron chi connectivity index (χ3n) is 11.1. The van der Waals surface area contributed by atoms with Crippen molar-refractivity contribution in [3.8, 4) is 11.5 Å². The van der Waals surface area contributed by atoms with Crippen molar-refractivity contribution in [3.63, 3.8) is 0 Å². The summed E-state index contributed by atoms with van der Waals surface area (Å²) in [5, 5.41) is 43.0.